The number of rotatable bonds is 25. The summed E-state index contributed by atoms with van der Waals surface area (Å²) in [5, 5.41) is 42.0. The minimum atomic E-state index is -1.46. The zero-order chi connectivity index (χ0) is 48.8. The normalized spacial score (nSPS) is 17.0. The number of amides is 6. The molecule has 9 N–H and O–H groups in total. The van der Waals surface area contributed by atoms with Gasteiger partial charge in [-0.15, -0.1) is 0 Å². The summed E-state index contributed by atoms with van der Waals surface area (Å²) in [6, 6.07) is 2.10. The molecule has 1 aliphatic heterocycles. The largest absolute Gasteiger partial charge is 0.507 e. The Morgan fingerprint density at radius 2 is 1.38 bits per heavy atom. The number of aliphatic hydroxyl groups excluding tert-OH is 1. The van der Waals surface area contributed by atoms with Crippen LogP contribution in [-0.2, 0) is 44.7 Å². The molecule has 2 aromatic rings. The van der Waals surface area contributed by atoms with E-state index < -0.39 is 78.9 Å². The molecule has 18 heteroatoms. The number of likely N-dealkylation sites (N-methyl/N-ethyl adjacent to an activating group) is 2. The lowest BCUT2D eigenvalue weighted by molar-refractivity contribution is -0.148. The number of unbranched alkanes of at least 4 members (excludes halogenated alkanes) is 12. The Morgan fingerprint density at radius 3 is 1.97 bits per heavy atom. The molecular formula is C48H73N7O11. The molecule has 5 unspecified atom stereocenters. The van der Waals surface area contributed by atoms with Crippen LogP contribution in [0.5, 0.6) is 11.5 Å². The topological polar surface area (TPSA) is 270 Å². The molecule has 5 atom stereocenters. The predicted octanol–water partition coefficient (Wildman–Crippen LogP) is 3.23. The number of esters is 1. The number of nitrogens with one attached hydrogen (secondary N) is 4. The molecule has 366 valence electrons. The lowest BCUT2D eigenvalue weighted by Gasteiger charge is -2.30. The first-order valence-corrected chi connectivity index (χ1v) is 23.4. The summed E-state index contributed by atoms with van der Waals surface area (Å²) < 4.78 is 5.20. The highest BCUT2D eigenvalue weighted by molar-refractivity contribution is 5.96. The van der Waals surface area contributed by atoms with Gasteiger partial charge in [0.05, 0.1) is 13.2 Å². The average Bonchev–Trinajstić information content (AvgIpc) is 3.29. The molecule has 3 rings (SSSR count). The monoisotopic (exact) mass is 924 g/mol. The number of carbonyl (C=O) groups is 7. The quantitative estimate of drug-likeness (QED) is 0.0527. The standard InChI is InChI=1S/C48H73N7O11/c1-6-7-8-9-10-11-12-13-14-15-16-17-18-19-41(59)54(4)38(30-56)46(63)51-31(2)44(61)50-29-42(60)55(5)43-34-21-23-40(58)36(28-34)35-26-33(20-22-39(35)57)27-37(48(65)66-25-24-49)53-45(62)32(3)52-47(43)64/h20-23,26,28,31-32,37-38,43,56-58H,6-19,24-25,27,29-30,49H2,1-5H3,(H,50,61)(H,51,63)(H,52,64)(H,53,62). The van der Waals surface area contributed by atoms with E-state index in [-0.39, 0.29) is 60.1 Å². The molecule has 6 amide bonds. The SMILES string of the molecule is CCCCCCCCCCCCCCCC(=O)N(C)C(CO)C(=O)NC(C)C(=O)NCC(=O)N(C)C1C(=O)NC(C)C(=O)NC(C(=O)OCCN)Cc2ccc(O)c(c2)-c2cc1ccc2O. The van der Waals surface area contributed by atoms with Crippen LogP contribution >= 0.6 is 0 Å². The van der Waals surface area contributed by atoms with Gasteiger partial charge in [-0.25, -0.2) is 4.79 Å². The number of nitrogens with two attached hydrogens (primary N) is 1. The van der Waals surface area contributed by atoms with Crippen molar-refractivity contribution in [3.63, 3.8) is 0 Å². The van der Waals surface area contributed by atoms with Crippen molar-refractivity contribution in [3.8, 4) is 22.6 Å². The Kier molecular flexibility index (Phi) is 23.4. The number of aliphatic hydroxyl groups is 1. The van der Waals surface area contributed by atoms with Gasteiger partial charge in [0.2, 0.25) is 35.4 Å². The van der Waals surface area contributed by atoms with Crippen molar-refractivity contribution in [1.29, 1.82) is 0 Å². The van der Waals surface area contributed by atoms with E-state index in [1.807, 2.05) is 0 Å². The van der Waals surface area contributed by atoms with Crippen LogP contribution in [0.15, 0.2) is 36.4 Å². The molecule has 1 heterocycles. The first-order valence-electron chi connectivity index (χ1n) is 23.4. The molecule has 0 saturated heterocycles. The van der Waals surface area contributed by atoms with Crippen LogP contribution in [0.1, 0.15) is 128 Å². The van der Waals surface area contributed by atoms with Crippen molar-refractivity contribution in [2.75, 3.05) is 40.4 Å². The summed E-state index contributed by atoms with van der Waals surface area (Å²) in [6.07, 6.45) is 15.3. The average molecular weight is 924 g/mol. The first kappa shape index (κ1) is 54.6. The van der Waals surface area contributed by atoms with Gasteiger partial charge in [0.15, 0.2) is 0 Å². The number of phenols is 2. The molecule has 1 aliphatic rings. The Balaban J connectivity index is 1.63. The molecule has 0 saturated carbocycles. The molecular weight excluding hydrogens is 851 g/mol. The van der Waals surface area contributed by atoms with Gasteiger partial charge in [-0.1, -0.05) is 96.1 Å². The number of benzene rings is 2. The number of fused-ring (bicyclic) bond motifs is 5. The lowest BCUT2D eigenvalue weighted by Crippen LogP contribution is -2.55. The number of hydrogen-bond acceptors (Lipinski definition) is 12. The number of carbonyl (C=O) groups excluding carboxylic acids is 7. The molecule has 0 aromatic heterocycles. The van der Waals surface area contributed by atoms with E-state index in [0.717, 1.165) is 24.2 Å². The van der Waals surface area contributed by atoms with Gasteiger partial charge < -0.3 is 56.9 Å². The van der Waals surface area contributed by atoms with E-state index in [9.17, 15) is 48.9 Å². The van der Waals surface area contributed by atoms with E-state index in [1.165, 1.54) is 127 Å². The summed E-state index contributed by atoms with van der Waals surface area (Å²) in [7, 11) is 2.72. The van der Waals surface area contributed by atoms with Crippen molar-refractivity contribution < 1.29 is 53.6 Å². The maximum Gasteiger partial charge on any atom is 0.329 e. The van der Waals surface area contributed by atoms with Gasteiger partial charge in [0.25, 0.3) is 0 Å². The summed E-state index contributed by atoms with van der Waals surface area (Å²) >= 11 is 0. The van der Waals surface area contributed by atoms with Crippen LogP contribution < -0.4 is 27.0 Å². The maximum absolute atomic E-state index is 14.0. The smallest absolute Gasteiger partial charge is 0.329 e. The molecule has 2 aromatic carbocycles. The zero-order valence-electron chi connectivity index (χ0n) is 39.4. The second-order valence-electron chi connectivity index (χ2n) is 17.1. The summed E-state index contributed by atoms with van der Waals surface area (Å²) in [5.41, 5.74) is 6.37. The third-order valence-corrected chi connectivity index (χ3v) is 11.9. The number of hydrogen-bond donors (Lipinski definition) is 8. The molecule has 4 bridgehead atoms. The van der Waals surface area contributed by atoms with Crippen LogP contribution in [0.2, 0.25) is 0 Å². The number of phenolic OH excluding ortho intramolecular Hbond substituents is 2. The molecule has 66 heavy (non-hydrogen) atoms. The number of aromatic hydroxyl groups is 2. The van der Waals surface area contributed by atoms with Crippen LogP contribution in [0, 0.1) is 0 Å². The Bertz CT molecular complexity index is 1950. The highest BCUT2D eigenvalue weighted by Crippen LogP contribution is 2.38. The van der Waals surface area contributed by atoms with Gasteiger partial charge in [-0.05, 0) is 55.7 Å². The maximum atomic E-state index is 14.0. The summed E-state index contributed by atoms with van der Waals surface area (Å²) in [6.45, 7) is 3.57. The Hall–Kier alpha value is -5.75. The number of nitrogens with zero attached hydrogens (tertiary/aromatic N) is 2. The fraction of sp³-hybridized carbons (Fsp3) is 0.604. The molecule has 0 radical (unpaired) electrons. The second kappa shape index (κ2) is 28.3. The van der Waals surface area contributed by atoms with Crippen molar-refractivity contribution in [1.82, 2.24) is 31.1 Å². The second-order valence-corrected chi connectivity index (χ2v) is 17.1. The molecule has 0 aliphatic carbocycles. The first-order chi connectivity index (χ1) is 31.5. The third-order valence-electron chi connectivity index (χ3n) is 11.9. The van der Waals surface area contributed by atoms with Crippen molar-refractivity contribution in [3.05, 3.63) is 47.5 Å². The Morgan fingerprint density at radius 1 is 0.803 bits per heavy atom. The van der Waals surface area contributed by atoms with Gasteiger partial charge in [-0.2, -0.15) is 0 Å². The lowest BCUT2D eigenvalue weighted by atomic mass is 9.94. The highest BCUT2D eigenvalue weighted by atomic mass is 16.5. The van der Waals surface area contributed by atoms with E-state index in [1.54, 1.807) is 0 Å². The minimum Gasteiger partial charge on any atom is -0.507 e. The van der Waals surface area contributed by atoms with Gasteiger partial charge in [0, 0.05) is 44.6 Å². The minimum absolute atomic E-state index is 0.0381. The third kappa shape index (κ3) is 16.9. The Labute approximate surface area is 388 Å². The van der Waals surface area contributed by atoms with Crippen LogP contribution in [0.3, 0.4) is 0 Å². The van der Waals surface area contributed by atoms with E-state index in [4.69, 9.17) is 10.5 Å². The summed E-state index contributed by atoms with van der Waals surface area (Å²) in [4.78, 5) is 95.6. The zero-order valence-corrected chi connectivity index (χ0v) is 39.4. The fourth-order valence-corrected chi connectivity index (χ4v) is 7.74. The molecule has 0 fully saturated rings. The van der Waals surface area contributed by atoms with Gasteiger partial charge in [-0.3, -0.25) is 28.8 Å². The van der Waals surface area contributed by atoms with Crippen LogP contribution in [0.25, 0.3) is 11.1 Å². The fourth-order valence-electron chi connectivity index (χ4n) is 7.74. The molecule has 0 spiro atoms. The van der Waals surface area contributed by atoms with Crippen LogP contribution in [-0.4, -0.2) is 131 Å². The van der Waals surface area contributed by atoms with E-state index >= 15 is 0 Å². The van der Waals surface area contributed by atoms with Crippen LogP contribution in [0.4, 0.5) is 0 Å². The highest BCUT2D eigenvalue weighted by Gasteiger charge is 2.34. The van der Waals surface area contributed by atoms with E-state index in [2.05, 4.69) is 28.2 Å². The number of ether oxygens (including phenoxy) is 1. The predicted molar refractivity (Wildman–Crippen MR) is 249 cm³/mol. The van der Waals surface area contributed by atoms with Crippen molar-refractivity contribution >= 4 is 41.4 Å². The van der Waals surface area contributed by atoms with E-state index in [0.29, 0.717) is 12.0 Å². The van der Waals surface area contributed by atoms with Gasteiger partial charge >= 0.3 is 5.97 Å². The van der Waals surface area contributed by atoms with Crippen molar-refractivity contribution in [2.45, 2.75) is 147 Å². The molecule has 18 nitrogen and oxygen atoms in total. The van der Waals surface area contributed by atoms with Crippen molar-refractivity contribution in [2.24, 2.45) is 5.73 Å². The van der Waals surface area contributed by atoms with Gasteiger partial charge in [0.1, 0.15) is 48.3 Å². The summed E-state index contributed by atoms with van der Waals surface area (Å²) in [5.74, 6) is -5.51.